The van der Waals surface area contributed by atoms with Crippen LogP contribution in [0.25, 0.3) is 5.69 Å². The summed E-state index contributed by atoms with van der Waals surface area (Å²) >= 11 is 0. The van der Waals surface area contributed by atoms with E-state index in [1.54, 1.807) is 37.4 Å². The zero-order valence-corrected chi connectivity index (χ0v) is 18.9. The zero-order chi connectivity index (χ0) is 25.2. The summed E-state index contributed by atoms with van der Waals surface area (Å²) in [6.45, 7) is 2.91. The molecule has 0 aliphatic carbocycles. The third-order valence-electron chi connectivity index (χ3n) is 5.47. The summed E-state index contributed by atoms with van der Waals surface area (Å²) < 4.78 is 19.7. The van der Waals surface area contributed by atoms with Gasteiger partial charge in [-0.05, 0) is 55.8 Å². The number of ether oxygens (including phenoxy) is 1. The van der Waals surface area contributed by atoms with Crippen LogP contribution in [0.5, 0.6) is 0 Å². The number of hydrogen-bond donors (Lipinski definition) is 2. The Labute approximate surface area is 199 Å². The predicted molar refractivity (Wildman–Crippen MR) is 122 cm³/mol. The first-order valence-corrected chi connectivity index (χ1v) is 10.7. The maximum absolute atomic E-state index is 13.3. The minimum absolute atomic E-state index is 0.143. The van der Waals surface area contributed by atoms with E-state index in [9.17, 15) is 23.6 Å². The van der Waals surface area contributed by atoms with Gasteiger partial charge in [0.2, 0.25) is 5.91 Å². The molecule has 2 aromatic carbocycles. The number of amides is 4. The molecule has 0 bridgehead atoms. The summed E-state index contributed by atoms with van der Waals surface area (Å²) in [5.41, 5.74) is 0.0893. The van der Waals surface area contributed by atoms with Crippen molar-refractivity contribution in [3.63, 3.8) is 0 Å². The molecule has 35 heavy (non-hydrogen) atoms. The highest BCUT2D eigenvalue weighted by Gasteiger charge is 2.49. The third kappa shape index (κ3) is 4.74. The summed E-state index contributed by atoms with van der Waals surface area (Å²) in [6, 6.07) is 12.6. The molecular formula is C24H22FN5O5. The molecule has 0 saturated carbocycles. The van der Waals surface area contributed by atoms with Crippen molar-refractivity contribution in [2.75, 3.05) is 18.5 Å². The Kier molecular flexibility index (Phi) is 6.32. The zero-order valence-electron chi connectivity index (χ0n) is 18.9. The quantitative estimate of drug-likeness (QED) is 0.397. The van der Waals surface area contributed by atoms with Crippen LogP contribution >= 0.6 is 0 Å². The molecule has 0 spiro atoms. The van der Waals surface area contributed by atoms with Crippen LogP contribution in [0.3, 0.4) is 0 Å². The normalized spacial score (nSPS) is 17.3. The molecule has 1 aliphatic heterocycles. The number of aromatic nitrogens is 2. The highest BCUT2D eigenvalue weighted by Crippen LogP contribution is 2.29. The van der Waals surface area contributed by atoms with Crippen molar-refractivity contribution in [1.29, 1.82) is 0 Å². The summed E-state index contributed by atoms with van der Waals surface area (Å²) in [4.78, 5) is 50.7. The van der Waals surface area contributed by atoms with Crippen molar-refractivity contribution in [2.45, 2.75) is 19.4 Å². The van der Waals surface area contributed by atoms with E-state index in [-0.39, 0.29) is 12.3 Å². The Hall–Kier alpha value is -4.54. The maximum atomic E-state index is 13.3. The molecule has 11 heteroatoms. The Morgan fingerprint density at radius 3 is 2.60 bits per heavy atom. The molecule has 1 aromatic heterocycles. The molecule has 10 nitrogen and oxygen atoms in total. The number of esters is 1. The van der Waals surface area contributed by atoms with Gasteiger partial charge in [0.15, 0.2) is 5.69 Å². The van der Waals surface area contributed by atoms with E-state index in [0.29, 0.717) is 16.9 Å². The number of rotatable bonds is 7. The Morgan fingerprint density at radius 1 is 1.14 bits per heavy atom. The van der Waals surface area contributed by atoms with Gasteiger partial charge in [0.25, 0.3) is 5.91 Å². The average Bonchev–Trinajstić information content (AvgIpc) is 3.40. The standard InChI is InChI=1S/C24H22FN5O5/c1-3-35-21(32)19-11-12-30(28-19)18-6-4-5-17(13-18)26-20(31)14-29-22(33)24(2,27-23(29)34)15-7-9-16(25)10-8-15/h4-13H,3,14H2,1-2H3,(H,26,31)(H,27,34). The van der Waals surface area contributed by atoms with E-state index >= 15 is 0 Å². The molecule has 1 unspecified atom stereocenters. The molecule has 1 atom stereocenters. The minimum atomic E-state index is -1.41. The maximum Gasteiger partial charge on any atom is 0.358 e. The van der Waals surface area contributed by atoms with Crippen molar-refractivity contribution in [3.8, 4) is 5.69 Å². The molecule has 1 fully saturated rings. The Balaban J connectivity index is 1.44. The lowest BCUT2D eigenvalue weighted by Gasteiger charge is -2.22. The number of benzene rings is 2. The molecule has 1 saturated heterocycles. The number of nitrogens with one attached hydrogen (secondary N) is 2. The summed E-state index contributed by atoms with van der Waals surface area (Å²) in [6.07, 6.45) is 1.58. The van der Waals surface area contributed by atoms with Crippen molar-refractivity contribution in [2.24, 2.45) is 0 Å². The second-order valence-electron chi connectivity index (χ2n) is 7.92. The largest absolute Gasteiger partial charge is 0.461 e. The number of hydrogen-bond acceptors (Lipinski definition) is 6. The smallest absolute Gasteiger partial charge is 0.358 e. The lowest BCUT2D eigenvalue weighted by atomic mass is 9.92. The van der Waals surface area contributed by atoms with Crippen LogP contribution in [0, 0.1) is 5.82 Å². The van der Waals surface area contributed by atoms with Gasteiger partial charge in [-0.1, -0.05) is 18.2 Å². The van der Waals surface area contributed by atoms with E-state index in [0.717, 1.165) is 4.90 Å². The number of imide groups is 1. The van der Waals surface area contributed by atoms with Crippen LogP contribution in [0.15, 0.2) is 60.8 Å². The highest BCUT2D eigenvalue weighted by molar-refractivity contribution is 6.10. The fraction of sp³-hybridized carbons (Fsp3) is 0.208. The fourth-order valence-electron chi connectivity index (χ4n) is 3.67. The lowest BCUT2D eigenvalue weighted by molar-refractivity contribution is -0.133. The molecule has 4 rings (SSSR count). The first-order valence-electron chi connectivity index (χ1n) is 10.7. The predicted octanol–water partition coefficient (Wildman–Crippen LogP) is 2.59. The number of anilines is 1. The summed E-state index contributed by atoms with van der Waals surface area (Å²) in [5, 5.41) is 9.39. The third-order valence-corrected chi connectivity index (χ3v) is 5.47. The van der Waals surface area contributed by atoms with Gasteiger partial charge in [-0.15, -0.1) is 0 Å². The molecule has 180 valence electrons. The number of halogens is 1. The van der Waals surface area contributed by atoms with Gasteiger partial charge in [-0.2, -0.15) is 5.10 Å². The van der Waals surface area contributed by atoms with Crippen molar-refractivity contribution >= 4 is 29.5 Å². The molecule has 0 radical (unpaired) electrons. The van der Waals surface area contributed by atoms with E-state index in [4.69, 9.17) is 4.74 Å². The van der Waals surface area contributed by atoms with Crippen molar-refractivity contribution in [1.82, 2.24) is 20.0 Å². The highest BCUT2D eigenvalue weighted by atomic mass is 19.1. The summed E-state index contributed by atoms with van der Waals surface area (Å²) in [7, 11) is 0. The second-order valence-corrected chi connectivity index (χ2v) is 7.92. The molecule has 3 aromatic rings. The number of carbonyl (C=O) groups excluding carboxylic acids is 4. The molecule has 2 N–H and O–H groups in total. The van der Waals surface area contributed by atoms with Gasteiger partial charge in [0.1, 0.15) is 17.9 Å². The average molecular weight is 479 g/mol. The Bertz CT molecular complexity index is 1310. The van der Waals surface area contributed by atoms with E-state index in [1.807, 2.05) is 0 Å². The number of urea groups is 1. The second kappa shape index (κ2) is 9.37. The SMILES string of the molecule is CCOC(=O)c1ccn(-c2cccc(NC(=O)CN3C(=O)NC(C)(c4ccc(F)cc4)C3=O)c2)n1. The monoisotopic (exact) mass is 479 g/mol. The Morgan fingerprint density at radius 2 is 1.89 bits per heavy atom. The van der Waals surface area contributed by atoms with Crippen molar-refractivity contribution < 1.29 is 28.3 Å². The van der Waals surface area contributed by atoms with Crippen molar-refractivity contribution in [3.05, 3.63) is 77.9 Å². The molecule has 2 heterocycles. The molecule has 1 aliphatic rings. The minimum Gasteiger partial charge on any atom is -0.461 e. The fourth-order valence-corrected chi connectivity index (χ4v) is 3.67. The van der Waals surface area contributed by atoms with Gasteiger partial charge < -0.3 is 15.4 Å². The first kappa shape index (κ1) is 23.6. The van der Waals surface area contributed by atoms with Crippen LogP contribution in [0.1, 0.15) is 29.9 Å². The summed E-state index contributed by atoms with van der Waals surface area (Å²) in [5.74, 6) is -2.24. The first-order chi connectivity index (χ1) is 16.7. The van der Waals surface area contributed by atoms with Crippen LogP contribution < -0.4 is 10.6 Å². The molecular weight excluding hydrogens is 457 g/mol. The van der Waals surface area contributed by atoms with E-state index < -0.39 is 41.7 Å². The van der Waals surface area contributed by atoms with Gasteiger partial charge in [-0.3, -0.25) is 14.5 Å². The van der Waals surface area contributed by atoms with E-state index in [1.165, 1.54) is 41.9 Å². The topological polar surface area (TPSA) is 123 Å². The lowest BCUT2D eigenvalue weighted by Crippen LogP contribution is -2.42. The molecule has 4 amide bonds. The van der Waals surface area contributed by atoms with Gasteiger partial charge in [-0.25, -0.2) is 18.7 Å². The number of nitrogens with zero attached hydrogens (tertiary/aromatic N) is 3. The van der Waals surface area contributed by atoms with Crippen LogP contribution in [0.4, 0.5) is 14.9 Å². The van der Waals surface area contributed by atoms with Crippen LogP contribution in [-0.2, 0) is 19.9 Å². The van der Waals surface area contributed by atoms with Gasteiger partial charge in [0, 0.05) is 11.9 Å². The van der Waals surface area contributed by atoms with Crippen LogP contribution in [0.2, 0.25) is 0 Å². The van der Waals surface area contributed by atoms with Crippen LogP contribution in [-0.4, -0.2) is 51.6 Å². The van der Waals surface area contributed by atoms with Gasteiger partial charge in [0.05, 0.1) is 12.3 Å². The van der Waals surface area contributed by atoms with E-state index in [2.05, 4.69) is 15.7 Å². The number of carbonyl (C=O) groups is 4. The van der Waals surface area contributed by atoms with Gasteiger partial charge >= 0.3 is 12.0 Å².